The van der Waals surface area contributed by atoms with Crippen LogP contribution in [-0.4, -0.2) is 20.2 Å². The lowest BCUT2D eigenvalue weighted by Gasteiger charge is -2.22. The second-order valence-electron chi connectivity index (χ2n) is 6.08. The minimum Gasteiger partial charge on any atom is -0.399 e. The van der Waals surface area contributed by atoms with Crippen LogP contribution in [0.1, 0.15) is 31.7 Å². The molecule has 2 aliphatic rings. The molecule has 6 nitrogen and oxygen atoms in total. The van der Waals surface area contributed by atoms with E-state index in [1.54, 1.807) is 6.07 Å². The smallest absolute Gasteiger partial charge is 0.182 e. The first kappa shape index (κ1) is 11.7. The molecule has 2 aliphatic carbocycles. The number of benzene rings is 1. The van der Waals surface area contributed by atoms with Gasteiger partial charge in [-0.25, -0.2) is 4.68 Å². The van der Waals surface area contributed by atoms with E-state index in [1.807, 2.05) is 16.8 Å². The molecule has 6 heteroatoms. The number of nitrogen functional groups attached to an aromatic ring is 2. The van der Waals surface area contributed by atoms with Crippen molar-refractivity contribution >= 4 is 11.4 Å². The van der Waals surface area contributed by atoms with Crippen molar-refractivity contribution in [1.82, 2.24) is 20.2 Å². The number of rotatable bonds is 2. The van der Waals surface area contributed by atoms with Gasteiger partial charge in [0.2, 0.25) is 0 Å². The first-order valence-electron chi connectivity index (χ1n) is 7.15. The molecule has 3 unspecified atom stereocenters. The van der Waals surface area contributed by atoms with Gasteiger partial charge in [0.25, 0.3) is 0 Å². The topological polar surface area (TPSA) is 95.6 Å². The highest BCUT2D eigenvalue weighted by atomic mass is 15.6. The van der Waals surface area contributed by atoms with E-state index in [0.29, 0.717) is 17.4 Å². The molecule has 104 valence electrons. The van der Waals surface area contributed by atoms with Crippen molar-refractivity contribution < 1.29 is 0 Å². The molecule has 2 bridgehead atoms. The molecule has 4 N–H and O–H groups in total. The quantitative estimate of drug-likeness (QED) is 0.812. The van der Waals surface area contributed by atoms with Crippen molar-refractivity contribution in [1.29, 1.82) is 0 Å². The van der Waals surface area contributed by atoms with Crippen LogP contribution < -0.4 is 11.5 Å². The summed E-state index contributed by atoms with van der Waals surface area (Å²) in [5, 5.41) is 12.3. The first-order valence-corrected chi connectivity index (χ1v) is 7.15. The van der Waals surface area contributed by atoms with Crippen LogP contribution in [0.5, 0.6) is 0 Å². The van der Waals surface area contributed by atoms with E-state index in [1.165, 1.54) is 25.7 Å². The van der Waals surface area contributed by atoms with Crippen molar-refractivity contribution in [3.8, 4) is 11.4 Å². The van der Waals surface area contributed by atoms with Crippen LogP contribution in [-0.2, 0) is 0 Å². The second-order valence-corrected chi connectivity index (χ2v) is 6.08. The summed E-state index contributed by atoms with van der Waals surface area (Å²) in [5.41, 5.74) is 13.9. The number of nitrogens with two attached hydrogens (primary N) is 2. The molecule has 2 aromatic rings. The predicted molar refractivity (Wildman–Crippen MR) is 76.6 cm³/mol. The van der Waals surface area contributed by atoms with E-state index < -0.39 is 0 Å². The standard InChI is InChI=1S/C14H18N6/c15-11-5-10(6-12(16)7-11)14-17-18-19-20(14)13-4-8-1-2-9(13)3-8/h5-9,13H,1-4,15-16H2. The van der Waals surface area contributed by atoms with E-state index in [9.17, 15) is 0 Å². The molecule has 1 aromatic heterocycles. The maximum absolute atomic E-state index is 5.87. The lowest BCUT2D eigenvalue weighted by atomic mass is 9.95. The molecule has 1 aromatic carbocycles. The van der Waals surface area contributed by atoms with Gasteiger partial charge in [-0.1, -0.05) is 6.42 Å². The highest BCUT2D eigenvalue weighted by Gasteiger charge is 2.42. The summed E-state index contributed by atoms with van der Waals surface area (Å²) in [5.74, 6) is 2.36. The third kappa shape index (κ3) is 1.75. The van der Waals surface area contributed by atoms with Gasteiger partial charge in [0, 0.05) is 16.9 Å². The molecule has 0 saturated heterocycles. The zero-order valence-corrected chi connectivity index (χ0v) is 11.2. The minimum atomic E-state index is 0.432. The van der Waals surface area contributed by atoms with Crippen LogP contribution >= 0.6 is 0 Å². The molecule has 0 spiro atoms. The molecule has 0 aliphatic heterocycles. The number of hydrogen-bond donors (Lipinski definition) is 2. The summed E-state index contributed by atoms with van der Waals surface area (Å²) in [4.78, 5) is 0. The van der Waals surface area contributed by atoms with Gasteiger partial charge in [-0.15, -0.1) is 5.10 Å². The maximum Gasteiger partial charge on any atom is 0.182 e. The Morgan fingerprint density at radius 1 is 1.05 bits per heavy atom. The summed E-state index contributed by atoms with van der Waals surface area (Å²) >= 11 is 0. The van der Waals surface area contributed by atoms with Crippen molar-refractivity contribution in [2.24, 2.45) is 11.8 Å². The Kier molecular flexibility index (Phi) is 2.45. The monoisotopic (exact) mass is 270 g/mol. The number of tetrazole rings is 1. The van der Waals surface area contributed by atoms with Gasteiger partial charge in [0.1, 0.15) is 0 Å². The van der Waals surface area contributed by atoms with Crippen LogP contribution in [0.25, 0.3) is 11.4 Å². The molecule has 0 radical (unpaired) electrons. The fourth-order valence-corrected chi connectivity index (χ4v) is 3.92. The van der Waals surface area contributed by atoms with Crippen LogP contribution in [0.15, 0.2) is 18.2 Å². The van der Waals surface area contributed by atoms with Gasteiger partial charge in [0.15, 0.2) is 5.82 Å². The van der Waals surface area contributed by atoms with Crippen LogP contribution in [0, 0.1) is 11.8 Å². The van der Waals surface area contributed by atoms with Gasteiger partial charge in [-0.2, -0.15) is 0 Å². The molecule has 1 heterocycles. The van der Waals surface area contributed by atoms with Crippen LogP contribution in [0.3, 0.4) is 0 Å². The molecular formula is C14H18N6. The molecular weight excluding hydrogens is 252 g/mol. The SMILES string of the molecule is Nc1cc(N)cc(-c2nnnn2C2CC3CCC2C3)c1. The average Bonchev–Trinajstić information content (AvgIpc) is 3.13. The Morgan fingerprint density at radius 2 is 1.85 bits per heavy atom. The summed E-state index contributed by atoms with van der Waals surface area (Å²) in [7, 11) is 0. The zero-order chi connectivity index (χ0) is 13.7. The normalized spacial score (nSPS) is 28.1. The zero-order valence-electron chi connectivity index (χ0n) is 11.2. The second kappa shape index (κ2) is 4.19. The third-order valence-electron chi connectivity index (χ3n) is 4.74. The van der Waals surface area contributed by atoms with Gasteiger partial charge in [-0.05, 0) is 59.7 Å². The van der Waals surface area contributed by atoms with Gasteiger partial charge < -0.3 is 11.5 Å². The fourth-order valence-electron chi connectivity index (χ4n) is 3.92. The molecule has 20 heavy (non-hydrogen) atoms. The summed E-state index contributed by atoms with van der Waals surface area (Å²) in [6, 6.07) is 5.94. The molecule has 2 saturated carbocycles. The molecule has 3 atom stereocenters. The molecule has 2 fully saturated rings. The summed E-state index contributed by atoms with van der Waals surface area (Å²) in [6.07, 6.45) is 5.18. The van der Waals surface area contributed by atoms with Gasteiger partial charge in [-0.3, -0.25) is 0 Å². The van der Waals surface area contributed by atoms with Crippen LogP contribution in [0.2, 0.25) is 0 Å². The number of hydrogen-bond acceptors (Lipinski definition) is 5. The van der Waals surface area contributed by atoms with Gasteiger partial charge in [0.05, 0.1) is 6.04 Å². The van der Waals surface area contributed by atoms with E-state index in [0.717, 1.165) is 23.2 Å². The Hall–Kier alpha value is -2.11. The summed E-state index contributed by atoms with van der Waals surface area (Å²) < 4.78 is 1.98. The highest BCUT2D eigenvalue weighted by molar-refractivity contribution is 5.67. The number of fused-ring (bicyclic) bond motifs is 2. The van der Waals surface area contributed by atoms with Crippen molar-refractivity contribution in [2.45, 2.75) is 31.7 Å². The predicted octanol–water partition coefficient (Wildman–Crippen LogP) is 1.87. The van der Waals surface area contributed by atoms with Crippen LogP contribution in [0.4, 0.5) is 11.4 Å². The van der Waals surface area contributed by atoms with Gasteiger partial charge >= 0.3 is 0 Å². The van der Waals surface area contributed by atoms with E-state index in [2.05, 4.69) is 15.5 Å². The maximum atomic E-state index is 5.87. The minimum absolute atomic E-state index is 0.432. The summed E-state index contributed by atoms with van der Waals surface area (Å²) in [6.45, 7) is 0. The first-order chi connectivity index (χ1) is 9.70. The molecule has 4 rings (SSSR count). The number of aromatic nitrogens is 4. The van der Waals surface area contributed by atoms with Crippen molar-refractivity contribution in [3.05, 3.63) is 18.2 Å². The average molecular weight is 270 g/mol. The lowest BCUT2D eigenvalue weighted by molar-refractivity contribution is 0.304. The lowest BCUT2D eigenvalue weighted by Crippen LogP contribution is -2.18. The largest absolute Gasteiger partial charge is 0.399 e. The Morgan fingerprint density at radius 3 is 2.50 bits per heavy atom. The number of anilines is 2. The Bertz CT molecular complexity index is 629. The number of nitrogens with zero attached hydrogens (tertiary/aromatic N) is 4. The van der Waals surface area contributed by atoms with E-state index >= 15 is 0 Å². The highest BCUT2D eigenvalue weighted by Crippen LogP contribution is 2.51. The van der Waals surface area contributed by atoms with Crippen molar-refractivity contribution in [3.63, 3.8) is 0 Å². The fraction of sp³-hybridized carbons (Fsp3) is 0.500. The van der Waals surface area contributed by atoms with E-state index in [4.69, 9.17) is 11.5 Å². The Balaban J connectivity index is 1.75. The van der Waals surface area contributed by atoms with Crippen molar-refractivity contribution in [2.75, 3.05) is 11.5 Å². The molecule has 0 amide bonds. The Labute approximate surface area is 117 Å². The third-order valence-corrected chi connectivity index (χ3v) is 4.74. The van der Waals surface area contributed by atoms with E-state index in [-0.39, 0.29) is 0 Å².